The topological polar surface area (TPSA) is 15.3 Å². The molecular weight excluding hydrogens is 220 g/mol. The molecule has 0 amide bonds. The van der Waals surface area contributed by atoms with Crippen LogP contribution in [0.4, 0.5) is 0 Å². The van der Waals surface area contributed by atoms with Crippen LogP contribution in [0.5, 0.6) is 0 Å². The van der Waals surface area contributed by atoms with Gasteiger partial charge in [0.25, 0.3) is 0 Å². The Bertz CT molecular complexity index is 188. The Labute approximate surface area is 115 Å². The van der Waals surface area contributed by atoms with Crippen molar-refractivity contribution < 1.29 is 0 Å². The van der Waals surface area contributed by atoms with Crippen LogP contribution >= 0.6 is 0 Å². The maximum Gasteiger partial charge on any atom is 0.00964 e. The summed E-state index contributed by atoms with van der Waals surface area (Å²) >= 11 is 0. The first-order valence-electron chi connectivity index (χ1n) is 8.21. The lowest BCUT2D eigenvalue weighted by Crippen LogP contribution is -2.28. The molecule has 1 rings (SSSR count). The van der Waals surface area contributed by atoms with E-state index in [1.165, 1.54) is 71.0 Å². The number of hydrogen-bond acceptors (Lipinski definition) is 2. The quantitative estimate of drug-likeness (QED) is 0.533. The standard InChI is InChI=1S/C16H34N2/c1-4-5-13-18(16-10-11-16)14-9-7-6-8-12-17-15(2)3/h15-17H,4-14H2,1-3H3. The van der Waals surface area contributed by atoms with Gasteiger partial charge < -0.3 is 10.2 Å². The normalized spacial score (nSPS) is 15.8. The lowest BCUT2D eigenvalue weighted by Gasteiger charge is -2.21. The van der Waals surface area contributed by atoms with E-state index < -0.39 is 0 Å². The Kier molecular flexibility index (Phi) is 8.70. The van der Waals surface area contributed by atoms with E-state index in [0.29, 0.717) is 6.04 Å². The fourth-order valence-electron chi connectivity index (χ4n) is 2.46. The second kappa shape index (κ2) is 9.80. The van der Waals surface area contributed by atoms with E-state index in [1.54, 1.807) is 0 Å². The molecule has 2 nitrogen and oxygen atoms in total. The predicted octanol–water partition coefficient (Wildman–Crippen LogP) is 3.81. The zero-order chi connectivity index (χ0) is 13.2. The highest BCUT2D eigenvalue weighted by Crippen LogP contribution is 2.27. The minimum Gasteiger partial charge on any atom is -0.315 e. The van der Waals surface area contributed by atoms with E-state index in [2.05, 4.69) is 31.0 Å². The zero-order valence-corrected chi connectivity index (χ0v) is 12.9. The van der Waals surface area contributed by atoms with Gasteiger partial charge in [0.1, 0.15) is 0 Å². The Morgan fingerprint density at radius 3 is 2.28 bits per heavy atom. The third-order valence-electron chi connectivity index (χ3n) is 3.79. The van der Waals surface area contributed by atoms with Gasteiger partial charge >= 0.3 is 0 Å². The predicted molar refractivity (Wildman–Crippen MR) is 81.1 cm³/mol. The summed E-state index contributed by atoms with van der Waals surface area (Å²) in [7, 11) is 0. The van der Waals surface area contributed by atoms with Gasteiger partial charge in [-0.2, -0.15) is 0 Å². The Balaban J connectivity index is 1.91. The molecule has 0 aromatic carbocycles. The van der Waals surface area contributed by atoms with Crippen LogP contribution in [0.25, 0.3) is 0 Å². The van der Waals surface area contributed by atoms with Gasteiger partial charge in [-0.1, -0.05) is 40.0 Å². The maximum atomic E-state index is 3.49. The highest BCUT2D eigenvalue weighted by atomic mass is 15.2. The monoisotopic (exact) mass is 254 g/mol. The molecule has 18 heavy (non-hydrogen) atoms. The van der Waals surface area contributed by atoms with Gasteiger partial charge in [0.2, 0.25) is 0 Å². The van der Waals surface area contributed by atoms with Crippen molar-refractivity contribution in [2.24, 2.45) is 0 Å². The molecule has 108 valence electrons. The summed E-state index contributed by atoms with van der Waals surface area (Å²) in [5.74, 6) is 0. The summed E-state index contributed by atoms with van der Waals surface area (Å²) in [6.07, 6.45) is 11.2. The molecule has 0 saturated heterocycles. The highest BCUT2D eigenvalue weighted by molar-refractivity contribution is 4.84. The number of unbranched alkanes of at least 4 members (excludes halogenated alkanes) is 4. The first-order chi connectivity index (χ1) is 8.74. The molecule has 2 heteroatoms. The molecule has 0 heterocycles. The van der Waals surface area contributed by atoms with E-state index in [1.807, 2.05) is 0 Å². The summed E-state index contributed by atoms with van der Waals surface area (Å²) in [5, 5.41) is 3.49. The van der Waals surface area contributed by atoms with Crippen LogP contribution in [0.3, 0.4) is 0 Å². The van der Waals surface area contributed by atoms with E-state index >= 15 is 0 Å². The van der Waals surface area contributed by atoms with Crippen molar-refractivity contribution in [3.63, 3.8) is 0 Å². The summed E-state index contributed by atoms with van der Waals surface area (Å²) in [5.41, 5.74) is 0. The van der Waals surface area contributed by atoms with Crippen molar-refractivity contribution in [1.29, 1.82) is 0 Å². The van der Waals surface area contributed by atoms with E-state index in [0.717, 1.165) is 6.04 Å². The molecule has 0 aromatic rings. The average Bonchev–Trinajstić information content (AvgIpc) is 3.15. The van der Waals surface area contributed by atoms with Crippen LogP contribution in [0.15, 0.2) is 0 Å². The Morgan fingerprint density at radius 1 is 1.00 bits per heavy atom. The van der Waals surface area contributed by atoms with E-state index in [-0.39, 0.29) is 0 Å². The average molecular weight is 254 g/mol. The van der Waals surface area contributed by atoms with Gasteiger partial charge in [-0.05, 0) is 51.7 Å². The minimum atomic E-state index is 0.643. The lowest BCUT2D eigenvalue weighted by molar-refractivity contribution is 0.253. The fraction of sp³-hybridized carbons (Fsp3) is 1.00. The third kappa shape index (κ3) is 8.10. The van der Waals surface area contributed by atoms with Gasteiger partial charge in [-0.15, -0.1) is 0 Å². The Morgan fingerprint density at radius 2 is 1.67 bits per heavy atom. The third-order valence-corrected chi connectivity index (χ3v) is 3.79. The molecular formula is C16H34N2. The highest BCUT2D eigenvalue weighted by Gasteiger charge is 2.27. The molecule has 0 radical (unpaired) electrons. The SMILES string of the molecule is CCCCN(CCCCCCNC(C)C)C1CC1. The first kappa shape index (κ1) is 16.0. The zero-order valence-electron chi connectivity index (χ0n) is 12.9. The van der Waals surface area contributed by atoms with Crippen molar-refractivity contribution in [3.05, 3.63) is 0 Å². The summed E-state index contributed by atoms with van der Waals surface area (Å²) in [4.78, 5) is 2.75. The van der Waals surface area contributed by atoms with Crippen LogP contribution in [0.2, 0.25) is 0 Å². The van der Waals surface area contributed by atoms with Crippen molar-refractivity contribution in [1.82, 2.24) is 10.2 Å². The van der Waals surface area contributed by atoms with Gasteiger partial charge in [-0.3, -0.25) is 0 Å². The first-order valence-corrected chi connectivity index (χ1v) is 8.21. The van der Waals surface area contributed by atoms with Gasteiger partial charge in [0, 0.05) is 12.1 Å². The second-order valence-electron chi connectivity index (χ2n) is 6.14. The molecule has 0 unspecified atom stereocenters. The molecule has 0 aliphatic heterocycles. The lowest BCUT2D eigenvalue weighted by atomic mass is 10.1. The molecule has 1 N–H and O–H groups in total. The molecule has 1 saturated carbocycles. The number of rotatable bonds is 12. The molecule has 0 atom stereocenters. The van der Waals surface area contributed by atoms with Crippen LogP contribution < -0.4 is 5.32 Å². The summed E-state index contributed by atoms with van der Waals surface area (Å²) < 4.78 is 0. The summed E-state index contributed by atoms with van der Waals surface area (Å²) in [6.45, 7) is 10.6. The van der Waals surface area contributed by atoms with Crippen molar-refractivity contribution in [2.75, 3.05) is 19.6 Å². The van der Waals surface area contributed by atoms with Crippen LogP contribution in [-0.2, 0) is 0 Å². The second-order valence-corrected chi connectivity index (χ2v) is 6.14. The van der Waals surface area contributed by atoms with Gasteiger partial charge in [0.05, 0.1) is 0 Å². The largest absolute Gasteiger partial charge is 0.315 e. The number of nitrogens with zero attached hydrogens (tertiary/aromatic N) is 1. The molecule has 0 spiro atoms. The number of nitrogens with one attached hydrogen (secondary N) is 1. The number of hydrogen-bond donors (Lipinski definition) is 1. The van der Waals surface area contributed by atoms with Gasteiger partial charge in [0.15, 0.2) is 0 Å². The van der Waals surface area contributed by atoms with Crippen molar-refractivity contribution >= 4 is 0 Å². The van der Waals surface area contributed by atoms with E-state index in [4.69, 9.17) is 0 Å². The maximum absolute atomic E-state index is 3.49. The molecule has 1 aliphatic carbocycles. The fourth-order valence-corrected chi connectivity index (χ4v) is 2.46. The van der Waals surface area contributed by atoms with Crippen molar-refractivity contribution in [3.8, 4) is 0 Å². The van der Waals surface area contributed by atoms with Gasteiger partial charge in [-0.25, -0.2) is 0 Å². The van der Waals surface area contributed by atoms with Crippen LogP contribution in [0.1, 0.15) is 72.1 Å². The van der Waals surface area contributed by atoms with Crippen molar-refractivity contribution in [2.45, 2.75) is 84.2 Å². The molecule has 1 aliphatic rings. The summed E-state index contributed by atoms with van der Waals surface area (Å²) in [6, 6.07) is 1.60. The van der Waals surface area contributed by atoms with Crippen LogP contribution in [-0.4, -0.2) is 36.6 Å². The minimum absolute atomic E-state index is 0.643. The molecule has 0 bridgehead atoms. The smallest absolute Gasteiger partial charge is 0.00964 e. The van der Waals surface area contributed by atoms with Crippen LogP contribution in [0, 0.1) is 0 Å². The molecule has 0 aromatic heterocycles. The Hall–Kier alpha value is -0.0800. The van der Waals surface area contributed by atoms with E-state index in [9.17, 15) is 0 Å². The molecule has 1 fully saturated rings.